The van der Waals surface area contributed by atoms with Crippen molar-refractivity contribution in [3.05, 3.63) is 48.2 Å². The van der Waals surface area contributed by atoms with Gasteiger partial charge in [-0.1, -0.05) is 31.6 Å². The van der Waals surface area contributed by atoms with Crippen molar-refractivity contribution in [2.45, 2.75) is 63.8 Å². The summed E-state index contributed by atoms with van der Waals surface area (Å²) in [5.41, 5.74) is -5.15. The number of pyridine rings is 1. The Morgan fingerprint density at radius 2 is 2.08 bits per heavy atom. The molecule has 1 amide bonds. The van der Waals surface area contributed by atoms with E-state index in [0.717, 1.165) is 0 Å². The molecule has 3 N–H and O–H groups in total. The molecular formula is C28H35FN2O5. The van der Waals surface area contributed by atoms with Crippen LogP contribution >= 0.6 is 0 Å². The Balaban J connectivity index is 1.38. The van der Waals surface area contributed by atoms with Gasteiger partial charge in [0.2, 0.25) is 5.88 Å². The monoisotopic (exact) mass is 498 g/mol. The standard InChI is InChI=1S/C28H35FN2O5/c1-17-14-21-20-8-7-18-15-19(32)9-10-25(18,2)27(20,29)22(33)16-26(21,3)28(17,35)24(34)31-12-13-36-23-6-4-5-11-30-23/h4-6,9-11,15,17,20-22,33,35H,7-8,12-14,16H2,1-3H3,(H,31,34). The van der Waals surface area contributed by atoms with E-state index in [-0.39, 0.29) is 31.3 Å². The number of aromatic nitrogens is 1. The van der Waals surface area contributed by atoms with Crippen molar-refractivity contribution in [2.75, 3.05) is 13.2 Å². The molecule has 8 unspecified atom stereocenters. The molecule has 1 heterocycles. The van der Waals surface area contributed by atoms with Gasteiger partial charge < -0.3 is 20.3 Å². The Hall–Kier alpha value is -2.58. The minimum atomic E-state index is -1.99. The van der Waals surface area contributed by atoms with E-state index in [1.54, 1.807) is 37.4 Å². The van der Waals surface area contributed by atoms with Crippen molar-refractivity contribution in [3.63, 3.8) is 0 Å². The predicted octanol–water partition coefficient (Wildman–Crippen LogP) is 2.92. The van der Waals surface area contributed by atoms with E-state index >= 15 is 4.39 Å². The van der Waals surface area contributed by atoms with Crippen LogP contribution in [0, 0.1) is 28.6 Å². The zero-order valence-corrected chi connectivity index (χ0v) is 21.0. The van der Waals surface area contributed by atoms with Crippen LogP contribution in [0.1, 0.15) is 46.5 Å². The van der Waals surface area contributed by atoms with Crippen molar-refractivity contribution in [3.8, 4) is 5.88 Å². The van der Waals surface area contributed by atoms with E-state index in [2.05, 4.69) is 10.3 Å². The number of amides is 1. The molecule has 3 saturated carbocycles. The van der Waals surface area contributed by atoms with Crippen LogP contribution in [0.4, 0.5) is 4.39 Å². The Labute approximate surface area is 210 Å². The Morgan fingerprint density at radius 3 is 2.81 bits per heavy atom. The highest BCUT2D eigenvalue weighted by atomic mass is 19.1. The summed E-state index contributed by atoms with van der Waals surface area (Å²) in [7, 11) is 0. The van der Waals surface area contributed by atoms with Gasteiger partial charge in [0.15, 0.2) is 17.1 Å². The van der Waals surface area contributed by atoms with E-state index < -0.39 is 45.9 Å². The molecule has 0 bridgehead atoms. The number of fused-ring (bicyclic) bond motifs is 5. The summed E-state index contributed by atoms with van der Waals surface area (Å²) in [4.78, 5) is 29.5. The number of halogens is 1. The van der Waals surface area contributed by atoms with Crippen molar-refractivity contribution >= 4 is 11.7 Å². The second-order valence-electron chi connectivity index (χ2n) is 11.4. The van der Waals surface area contributed by atoms with Crippen LogP contribution in [0.5, 0.6) is 5.88 Å². The first-order valence-corrected chi connectivity index (χ1v) is 12.8. The number of nitrogens with zero attached hydrogens (tertiary/aromatic N) is 1. The lowest BCUT2D eigenvalue weighted by molar-refractivity contribution is -0.219. The quantitative estimate of drug-likeness (QED) is 0.539. The van der Waals surface area contributed by atoms with Crippen LogP contribution in [-0.4, -0.2) is 57.4 Å². The molecule has 36 heavy (non-hydrogen) atoms. The smallest absolute Gasteiger partial charge is 0.252 e. The fourth-order valence-electron chi connectivity index (χ4n) is 7.92. The highest BCUT2D eigenvalue weighted by molar-refractivity contribution is 6.01. The van der Waals surface area contributed by atoms with Gasteiger partial charge in [0, 0.05) is 29.0 Å². The molecule has 3 fully saturated rings. The highest BCUT2D eigenvalue weighted by Gasteiger charge is 2.75. The lowest BCUT2D eigenvalue weighted by Gasteiger charge is -2.62. The molecule has 8 atom stereocenters. The van der Waals surface area contributed by atoms with E-state index in [0.29, 0.717) is 30.7 Å². The van der Waals surface area contributed by atoms with E-state index in [1.165, 1.54) is 12.2 Å². The van der Waals surface area contributed by atoms with E-state index in [4.69, 9.17) is 4.74 Å². The lowest BCUT2D eigenvalue weighted by Crippen LogP contribution is -2.70. The molecule has 8 heteroatoms. The average molecular weight is 499 g/mol. The number of carbonyl (C=O) groups excluding carboxylic acids is 2. The van der Waals surface area contributed by atoms with Crippen LogP contribution < -0.4 is 10.1 Å². The van der Waals surface area contributed by atoms with Crippen LogP contribution in [0.15, 0.2) is 48.2 Å². The molecule has 7 nitrogen and oxygen atoms in total. The first-order chi connectivity index (χ1) is 17.0. The minimum absolute atomic E-state index is 0.0476. The molecule has 0 radical (unpaired) electrons. The second-order valence-corrected chi connectivity index (χ2v) is 11.4. The number of hydrogen-bond donors (Lipinski definition) is 3. The molecule has 4 aliphatic carbocycles. The number of aliphatic hydroxyl groups excluding tert-OH is 1. The van der Waals surface area contributed by atoms with Gasteiger partial charge in [-0.2, -0.15) is 0 Å². The molecule has 4 aliphatic rings. The second kappa shape index (κ2) is 8.48. The highest BCUT2D eigenvalue weighted by Crippen LogP contribution is 2.70. The molecule has 0 aliphatic heterocycles. The Morgan fingerprint density at radius 1 is 1.31 bits per heavy atom. The number of ketones is 1. The van der Waals surface area contributed by atoms with Gasteiger partial charge in [-0.3, -0.25) is 9.59 Å². The summed E-state index contributed by atoms with van der Waals surface area (Å²) < 4.78 is 22.7. The zero-order valence-electron chi connectivity index (χ0n) is 21.0. The number of nitrogens with one attached hydrogen (secondary N) is 1. The number of aliphatic hydroxyl groups is 2. The maximum Gasteiger partial charge on any atom is 0.252 e. The predicted molar refractivity (Wildman–Crippen MR) is 131 cm³/mol. The summed E-state index contributed by atoms with van der Waals surface area (Å²) in [5, 5.41) is 26.2. The molecular weight excluding hydrogens is 463 g/mol. The van der Waals surface area contributed by atoms with E-state index in [9.17, 15) is 19.8 Å². The van der Waals surface area contributed by atoms with Crippen LogP contribution in [0.25, 0.3) is 0 Å². The normalized spacial score (nSPS) is 43.2. The lowest BCUT2D eigenvalue weighted by atomic mass is 9.44. The largest absolute Gasteiger partial charge is 0.476 e. The first kappa shape index (κ1) is 25.1. The Bertz CT molecular complexity index is 1120. The van der Waals surface area contributed by atoms with Crippen LogP contribution in [0.2, 0.25) is 0 Å². The van der Waals surface area contributed by atoms with Gasteiger partial charge in [-0.05, 0) is 62.7 Å². The number of allylic oxidation sites excluding steroid dienone is 4. The molecule has 194 valence electrons. The third kappa shape index (κ3) is 3.26. The fraction of sp³-hybridized carbons (Fsp3) is 0.607. The Kier molecular flexibility index (Phi) is 5.91. The average Bonchev–Trinajstić information content (AvgIpc) is 3.05. The van der Waals surface area contributed by atoms with Gasteiger partial charge >= 0.3 is 0 Å². The molecule has 0 spiro atoms. The van der Waals surface area contributed by atoms with Gasteiger partial charge in [-0.15, -0.1) is 0 Å². The molecule has 5 rings (SSSR count). The van der Waals surface area contributed by atoms with Gasteiger partial charge in [0.1, 0.15) is 6.61 Å². The number of carbonyl (C=O) groups is 2. The zero-order chi connectivity index (χ0) is 25.9. The van der Waals surface area contributed by atoms with Gasteiger partial charge in [-0.25, -0.2) is 9.37 Å². The molecule has 0 saturated heterocycles. The number of hydrogen-bond acceptors (Lipinski definition) is 6. The maximum absolute atomic E-state index is 17.2. The summed E-state index contributed by atoms with van der Waals surface area (Å²) in [6.07, 6.45) is 6.16. The molecule has 1 aromatic heterocycles. The number of ether oxygens (including phenoxy) is 1. The van der Waals surface area contributed by atoms with Crippen LogP contribution in [-0.2, 0) is 9.59 Å². The topological polar surface area (TPSA) is 109 Å². The van der Waals surface area contributed by atoms with Gasteiger partial charge in [0.25, 0.3) is 5.91 Å². The van der Waals surface area contributed by atoms with Crippen molar-refractivity contribution in [1.29, 1.82) is 0 Å². The maximum atomic E-state index is 17.2. The minimum Gasteiger partial charge on any atom is -0.476 e. The summed E-state index contributed by atoms with van der Waals surface area (Å²) in [6.45, 7) is 5.77. The first-order valence-electron chi connectivity index (χ1n) is 12.8. The van der Waals surface area contributed by atoms with E-state index in [1.807, 2.05) is 13.8 Å². The third-order valence-electron chi connectivity index (χ3n) is 9.84. The molecule has 1 aromatic rings. The molecule has 0 aromatic carbocycles. The summed E-state index contributed by atoms with van der Waals surface area (Å²) in [6, 6.07) is 5.30. The van der Waals surface area contributed by atoms with Crippen molar-refractivity contribution in [1.82, 2.24) is 10.3 Å². The SMILES string of the molecule is CC1CC2C3CCC4=CC(=O)C=CC4(C)C3(F)C(O)CC2(C)C1(O)C(=O)NCCOc1ccccn1. The van der Waals surface area contributed by atoms with Crippen molar-refractivity contribution in [2.24, 2.45) is 28.6 Å². The summed E-state index contributed by atoms with van der Waals surface area (Å²) in [5.74, 6) is -1.51. The summed E-state index contributed by atoms with van der Waals surface area (Å²) >= 11 is 0. The fourth-order valence-corrected chi connectivity index (χ4v) is 7.92. The third-order valence-corrected chi connectivity index (χ3v) is 9.84. The van der Waals surface area contributed by atoms with Gasteiger partial charge in [0.05, 0.1) is 12.6 Å². The van der Waals surface area contributed by atoms with Crippen molar-refractivity contribution < 1.29 is 28.9 Å². The number of rotatable bonds is 5. The number of alkyl halides is 1. The van der Waals surface area contributed by atoms with Crippen LogP contribution in [0.3, 0.4) is 0 Å².